The zero-order chi connectivity index (χ0) is 28.2. The van der Waals surface area contributed by atoms with Crippen LogP contribution in [0.2, 0.25) is 0 Å². The summed E-state index contributed by atoms with van der Waals surface area (Å²) in [5.74, 6) is -0.297. The Bertz CT molecular complexity index is 984. The Morgan fingerprint density at radius 2 is 1.78 bits per heavy atom. The highest BCUT2D eigenvalue weighted by atomic mass is 32.2. The summed E-state index contributed by atoms with van der Waals surface area (Å²) in [7, 11) is 2.96. The van der Waals surface area contributed by atoms with Gasteiger partial charge in [0.15, 0.2) is 17.3 Å². The zero-order valence-corrected chi connectivity index (χ0v) is 23.4. The van der Waals surface area contributed by atoms with Gasteiger partial charge in [0.1, 0.15) is 23.5 Å². The number of carbonyl (C=O) groups excluding carboxylic acids is 2. The highest BCUT2D eigenvalue weighted by molar-refractivity contribution is 7.99. The molecule has 1 amide bonds. The predicted octanol–water partition coefficient (Wildman–Crippen LogP) is 1.71. The molecule has 2 heterocycles. The second-order valence-corrected chi connectivity index (χ2v) is 10.7. The van der Waals surface area contributed by atoms with E-state index < -0.39 is 29.5 Å². The number of aliphatic hydroxyl groups is 2. The minimum Gasteiger partial charge on any atom is -0.467 e. The van der Waals surface area contributed by atoms with E-state index in [1.807, 2.05) is 4.57 Å². The fourth-order valence-corrected chi connectivity index (χ4v) is 4.01. The number of rotatable bonds is 11. The number of imidazole rings is 1. The highest BCUT2D eigenvalue weighted by Crippen LogP contribution is 2.17. The van der Waals surface area contributed by atoms with Crippen LogP contribution in [0.5, 0.6) is 0 Å². The molecule has 2 rings (SSSR count). The Morgan fingerprint density at radius 3 is 2.35 bits per heavy atom. The number of thioether (sulfide) groups is 1. The highest BCUT2D eigenvalue weighted by Gasteiger charge is 2.25. The molecule has 0 aromatic carbocycles. The van der Waals surface area contributed by atoms with E-state index in [2.05, 4.69) is 20.3 Å². The molecule has 0 aliphatic carbocycles. The Labute approximate surface area is 221 Å². The first kappa shape index (κ1) is 32.3. The molecule has 2 aromatic rings. The largest absolute Gasteiger partial charge is 0.467 e. The third kappa shape index (κ3) is 13.4. The molecule has 0 aliphatic rings. The molecule has 2 unspecified atom stereocenters. The van der Waals surface area contributed by atoms with E-state index in [9.17, 15) is 9.59 Å². The predicted molar refractivity (Wildman–Crippen MR) is 141 cm³/mol. The first-order valence-electron chi connectivity index (χ1n) is 11.7. The number of nitrogen functional groups attached to an aromatic ring is 1. The van der Waals surface area contributed by atoms with Crippen molar-refractivity contribution in [2.75, 3.05) is 31.5 Å². The molecule has 13 nitrogen and oxygen atoms in total. The molecule has 0 saturated heterocycles. The molecule has 2 atom stereocenters. The Morgan fingerprint density at radius 1 is 1.14 bits per heavy atom. The van der Waals surface area contributed by atoms with E-state index in [4.69, 9.17) is 30.2 Å². The summed E-state index contributed by atoms with van der Waals surface area (Å²) in [6.07, 6.45) is 3.61. The molecule has 0 spiro atoms. The van der Waals surface area contributed by atoms with Gasteiger partial charge in [-0.15, -0.1) is 0 Å². The third-order valence-corrected chi connectivity index (χ3v) is 5.62. The van der Waals surface area contributed by atoms with Gasteiger partial charge >= 0.3 is 12.1 Å². The van der Waals surface area contributed by atoms with Crippen LogP contribution in [-0.2, 0) is 25.5 Å². The van der Waals surface area contributed by atoms with Gasteiger partial charge in [-0.2, -0.15) is 11.8 Å². The number of nitrogens with zero attached hydrogens (tertiary/aromatic N) is 4. The number of carbonyl (C=O) groups is 2. The number of anilines is 1. The van der Waals surface area contributed by atoms with E-state index in [1.54, 1.807) is 46.0 Å². The maximum atomic E-state index is 12.0. The summed E-state index contributed by atoms with van der Waals surface area (Å²) in [6, 6.07) is -0.772. The van der Waals surface area contributed by atoms with E-state index in [0.717, 1.165) is 12.2 Å². The normalized spacial score (nSPS) is 13.3. The van der Waals surface area contributed by atoms with Gasteiger partial charge in [-0.05, 0) is 53.2 Å². The number of esters is 1. The number of aryl methyl sites for hydroxylation is 1. The molecule has 0 fully saturated rings. The van der Waals surface area contributed by atoms with Gasteiger partial charge in [0, 0.05) is 19.4 Å². The molecule has 37 heavy (non-hydrogen) atoms. The second-order valence-electron chi connectivity index (χ2n) is 9.60. The summed E-state index contributed by atoms with van der Waals surface area (Å²) in [5.41, 5.74) is 6.45. The fourth-order valence-electron chi connectivity index (χ4n) is 2.87. The number of hydrogen-bond donors (Lipinski definition) is 4. The summed E-state index contributed by atoms with van der Waals surface area (Å²) in [5, 5.41) is 18.7. The fraction of sp³-hybridized carbons (Fsp3) is 0.696. The summed E-state index contributed by atoms with van der Waals surface area (Å²) >= 11 is 1.63. The summed E-state index contributed by atoms with van der Waals surface area (Å²) in [4.78, 5) is 36.5. The molecule has 0 saturated carbocycles. The van der Waals surface area contributed by atoms with Crippen LogP contribution < -0.4 is 11.1 Å². The minimum absolute atomic E-state index is 0.00738. The van der Waals surface area contributed by atoms with Crippen LogP contribution in [0.1, 0.15) is 47.5 Å². The number of nitrogens with two attached hydrogens (primary N) is 1. The smallest absolute Gasteiger partial charge is 0.408 e. The molecule has 0 radical (unpaired) electrons. The van der Waals surface area contributed by atoms with Crippen LogP contribution in [0.3, 0.4) is 0 Å². The average Bonchev–Trinajstić information content (AvgIpc) is 3.19. The number of methoxy groups -OCH3 is 2. The topological polar surface area (TPSA) is 184 Å². The van der Waals surface area contributed by atoms with E-state index >= 15 is 0 Å². The van der Waals surface area contributed by atoms with Crippen molar-refractivity contribution >= 4 is 40.8 Å². The van der Waals surface area contributed by atoms with Crippen LogP contribution >= 0.6 is 11.8 Å². The van der Waals surface area contributed by atoms with Gasteiger partial charge in [0.05, 0.1) is 19.5 Å². The number of aromatic nitrogens is 4. The maximum absolute atomic E-state index is 12.0. The van der Waals surface area contributed by atoms with Crippen molar-refractivity contribution in [3.63, 3.8) is 0 Å². The van der Waals surface area contributed by atoms with Crippen molar-refractivity contribution < 1.29 is 34.0 Å². The lowest BCUT2D eigenvalue weighted by Gasteiger charge is -2.22. The van der Waals surface area contributed by atoms with Gasteiger partial charge in [-0.3, -0.25) is 0 Å². The Balaban J connectivity index is 0.00000124. The van der Waals surface area contributed by atoms with Crippen molar-refractivity contribution in [1.82, 2.24) is 24.8 Å². The molecule has 0 aliphatic heterocycles. The van der Waals surface area contributed by atoms with E-state index in [0.29, 0.717) is 35.7 Å². The monoisotopic (exact) mass is 544 g/mol. The van der Waals surface area contributed by atoms with Gasteiger partial charge < -0.3 is 40.0 Å². The summed E-state index contributed by atoms with van der Waals surface area (Å²) in [6.45, 7) is 8.54. The lowest BCUT2D eigenvalue weighted by atomic mass is 10.2. The molecule has 210 valence electrons. The second kappa shape index (κ2) is 14.9. The average molecular weight is 545 g/mol. The molecular formula is C23H40N6O7S. The molecule has 14 heteroatoms. The number of fused-ring (bicyclic) bond motifs is 1. The number of ether oxygens (including phenoxy) is 3. The van der Waals surface area contributed by atoms with Crippen molar-refractivity contribution in [2.24, 2.45) is 0 Å². The number of alkyl carbamates (subject to hydrolysis) is 1. The number of amides is 1. The molecule has 0 bridgehead atoms. The molecule has 5 N–H and O–H groups in total. The van der Waals surface area contributed by atoms with Gasteiger partial charge in [-0.1, -0.05) is 0 Å². The van der Waals surface area contributed by atoms with Gasteiger partial charge in [0.25, 0.3) is 0 Å². The quantitative estimate of drug-likeness (QED) is 0.183. The van der Waals surface area contributed by atoms with Crippen molar-refractivity contribution in [3.8, 4) is 0 Å². The van der Waals surface area contributed by atoms with Crippen LogP contribution in [-0.4, -0.2) is 91.1 Å². The number of nitrogens with one attached hydrogen (secondary N) is 1. The van der Waals surface area contributed by atoms with Crippen molar-refractivity contribution in [2.45, 2.75) is 77.5 Å². The third-order valence-electron chi connectivity index (χ3n) is 4.49. The van der Waals surface area contributed by atoms with Crippen LogP contribution in [0.4, 0.5) is 10.6 Å². The molecule has 2 aromatic heterocycles. The van der Waals surface area contributed by atoms with Crippen molar-refractivity contribution in [3.05, 3.63) is 12.7 Å². The van der Waals surface area contributed by atoms with Crippen LogP contribution in [0.25, 0.3) is 11.2 Å². The van der Waals surface area contributed by atoms with Crippen molar-refractivity contribution in [1.29, 1.82) is 0 Å². The number of hydrogen-bond acceptors (Lipinski definition) is 12. The molecular weight excluding hydrogens is 504 g/mol. The maximum Gasteiger partial charge on any atom is 0.408 e. The van der Waals surface area contributed by atoms with E-state index in [1.165, 1.54) is 27.3 Å². The van der Waals surface area contributed by atoms with Crippen LogP contribution in [0, 0.1) is 0 Å². The lowest BCUT2D eigenvalue weighted by molar-refractivity contribution is -0.143. The van der Waals surface area contributed by atoms with Gasteiger partial charge in [-0.25, -0.2) is 24.5 Å². The zero-order valence-electron chi connectivity index (χ0n) is 22.6. The van der Waals surface area contributed by atoms with Crippen LogP contribution in [0.15, 0.2) is 12.7 Å². The van der Waals surface area contributed by atoms with E-state index in [-0.39, 0.29) is 6.10 Å². The first-order chi connectivity index (χ1) is 17.1. The minimum atomic E-state index is -1.50. The Hall–Kier alpha value is -2.68. The Kier molecular flexibility index (Phi) is 13.0. The standard InChI is InChI=1S/C20H32N6O5S.C3H8O2/c1-20(2,3)31-19(28)25-14(18(27)30-5)7-9-32-10-13(29-4)6-8-26-12-24-15-16(21)22-11-23-17(15)26;1-3(2,4)5/h11-14H,6-10H2,1-5H3,(H,25,28)(H2,21,22,23);4-5H,1-2H3. The lowest BCUT2D eigenvalue weighted by Crippen LogP contribution is -2.44. The SMILES string of the molecule is CC(C)(O)O.COC(=O)C(CCSCC(CCn1cnc2c(N)ncnc21)OC)NC(=O)OC(C)(C)C. The summed E-state index contributed by atoms with van der Waals surface area (Å²) < 4.78 is 17.5. The first-order valence-corrected chi connectivity index (χ1v) is 12.8. The van der Waals surface area contributed by atoms with Gasteiger partial charge in [0.2, 0.25) is 0 Å².